The number of amides is 1. The van der Waals surface area contributed by atoms with Crippen molar-refractivity contribution in [3.8, 4) is 0 Å². The summed E-state index contributed by atoms with van der Waals surface area (Å²) in [5.41, 5.74) is 8.44. The van der Waals surface area contributed by atoms with Crippen LogP contribution in [0.2, 0.25) is 0 Å². The SMILES string of the molecule is Cc1ccc(C(=O)NCC(C)C(N)=S)cc1C. The molecule has 1 rings (SSSR count). The average Bonchev–Trinajstić information content (AvgIpc) is 2.28. The highest BCUT2D eigenvalue weighted by Gasteiger charge is 2.09. The Morgan fingerprint density at radius 3 is 2.59 bits per heavy atom. The lowest BCUT2D eigenvalue weighted by atomic mass is 10.1. The molecule has 0 radical (unpaired) electrons. The molecule has 17 heavy (non-hydrogen) atoms. The number of carbonyl (C=O) groups excluding carboxylic acids is 1. The number of benzene rings is 1. The summed E-state index contributed by atoms with van der Waals surface area (Å²) >= 11 is 4.85. The number of rotatable bonds is 4. The molecule has 0 heterocycles. The average molecular weight is 250 g/mol. The van der Waals surface area contributed by atoms with Gasteiger partial charge in [0, 0.05) is 18.0 Å². The number of thiocarbonyl (C=S) groups is 1. The fourth-order valence-electron chi connectivity index (χ4n) is 1.33. The van der Waals surface area contributed by atoms with Crippen LogP contribution >= 0.6 is 12.2 Å². The Morgan fingerprint density at radius 1 is 1.41 bits per heavy atom. The maximum Gasteiger partial charge on any atom is 0.251 e. The van der Waals surface area contributed by atoms with E-state index in [-0.39, 0.29) is 11.8 Å². The zero-order valence-corrected chi connectivity index (χ0v) is 11.2. The van der Waals surface area contributed by atoms with E-state index in [1.54, 1.807) is 0 Å². The first-order valence-corrected chi connectivity index (χ1v) is 5.97. The van der Waals surface area contributed by atoms with E-state index in [9.17, 15) is 4.79 Å². The van der Waals surface area contributed by atoms with Gasteiger partial charge in [0.05, 0.1) is 4.99 Å². The van der Waals surface area contributed by atoms with Crippen LogP contribution in [0.3, 0.4) is 0 Å². The minimum Gasteiger partial charge on any atom is -0.393 e. The van der Waals surface area contributed by atoms with E-state index in [1.165, 1.54) is 5.56 Å². The molecule has 0 spiro atoms. The van der Waals surface area contributed by atoms with E-state index in [1.807, 2.05) is 39.0 Å². The largest absolute Gasteiger partial charge is 0.393 e. The zero-order chi connectivity index (χ0) is 13.0. The van der Waals surface area contributed by atoms with E-state index in [0.29, 0.717) is 17.1 Å². The van der Waals surface area contributed by atoms with Crippen molar-refractivity contribution in [3.63, 3.8) is 0 Å². The van der Waals surface area contributed by atoms with E-state index in [4.69, 9.17) is 18.0 Å². The summed E-state index contributed by atoms with van der Waals surface area (Å²) in [4.78, 5) is 12.3. The number of hydrogen-bond donors (Lipinski definition) is 2. The Labute approximate surface area is 107 Å². The summed E-state index contributed by atoms with van der Waals surface area (Å²) in [7, 11) is 0. The molecule has 1 amide bonds. The van der Waals surface area contributed by atoms with Crippen molar-refractivity contribution in [2.75, 3.05) is 6.54 Å². The van der Waals surface area contributed by atoms with Gasteiger partial charge in [0.25, 0.3) is 5.91 Å². The summed E-state index contributed by atoms with van der Waals surface area (Å²) in [5.74, 6) is -0.0725. The van der Waals surface area contributed by atoms with Crippen LogP contribution in [-0.2, 0) is 0 Å². The Kier molecular flexibility index (Phi) is 4.63. The van der Waals surface area contributed by atoms with E-state index in [0.717, 1.165) is 5.56 Å². The van der Waals surface area contributed by atoms with Crippen molar-refractivity contribution in [2.24, 2.45) is 11.7 Å². The van der Waals surface area contributed by atoms with Crippen molar-refractivity contribution in [3.05, 3.63) is 34.9 Å². The molecular weight excluding hydrogens is 232 g/mol. The molecule has 1 unspecified atom stereocenters. The monoisotopic (exact) mass is 250 g/mol. The second-order valence-electron chi connectivity index (χ2n) is 4.31. The molecule has 4 heteroatoms. The molecule has 0 aromatic heterocycles. The van der Waals surface area contributed by atoms with E-state index >= 15 is 0 Å². The van der Waals surface area contributed by atoms with Crippen molar-refractivity contribution in [2.45, 2.75) is 20.8 Å². The fourth-order valence-corrected chi connectivity index (χ4v) is 1.41. The highest BCUT2D eigenvalue weighted by atomic mass is 32.1. The minimum atomic E-state index is -0.0869. The predicted octanol–water partition coefficient (Wildman–Crippen LogP) is 1.96. The van der Waals surface area contributed by atoms with Gasteiger partial charge in [0.1, 0.15) is 0 Å². The number of nitrogens with two attached hydrogens (primary N) is 1. The van der Waals surface area contributed by atoms with Gasteiger partial charge in [0.2, 0.25) is 0 Å². The summed E-state index contributed by atoms with van der Waals surface area (Å²) in [6.07, 6.45) is 0. The van der Waals surface area contributed by atoms with Gasteiger partial charge in [-0.25, -0.2) is 0 Å². The molecule has 0 fully saturated rings. The Bertz CT molecular complexity index is 443. The Balaban J connectivity index is 2.64. The Morgan fingerprint density at radius 2 is 2.06 bits per heavy atom. The lowest BCUT2D eigenvalue weighted by Gasteiger charge is -2.11. The second-order valence-corrected chi connectivity index (χ2v) is 4.78. The first-order chi connectivity index (χ1) is 7.91. The first-order valence-electron chi connectivity index (χ1n) is 5.56. The lowest BCUT2D eigenvalue weighted by molar-refractivity contribution is 0.0951. The van der Waals surface area contributed by atoms with Gasteiger partial charge in [-0.2, -0.15) is 0 Å². The summed E-state index contributed by atoms with van der Waals surface area (Å²) in [5, 5.41) is 2.82. The molecule has 1 atom stereocenters. The third kappa shape index (κ3) is 3.82. The number of aryl methyl sites for hydroxylation is 2. The van der Waals surface area contributed by atoms with E-state index < -0.39 is 0 Å². The first kappa shape index (κ1) is 13.6. The smallest absolute Gasteiger partial charge is 0.251 e. The third-order valence-electron chi connectivity index (χ3n) is 2.82. The fraction of sp³-hybridized carbons (Fsp3) is 0.385. The highest BCUT2D eigenvalue weighted by Crippen LogP contribution is 2.09. The predicted molar refractivity (Wildman–Crippen MR) is 74.2 cm³/mol. The quantitative estimate of drug-likeness (QED) is 0.803. The molecule has 0 saturated heterocycles. The van der Waals surface area contributed by atoms with Crippen LogP contribution in [0.5, 0.6) is 0 Å². The molecule has 92 valence electrons. The molecule has 0 aliphatic carbocycles. The van der Waals surface area contributed by atoms with Gasteiger partial charge in [-0.3, -0.25) is 4.79 Å². The zero-order valence-electron chi connectivity index (χ0n) is 10.4. The third-order valence-corrected chi connectivity index (χ3v) is 3.23. The van der Waals surface area contributed by atoms with E-state index in [2.05, 4.69) is 5.32 Å². The minimum absolute atomic E-state index is 0.0143. The van der Waals surface area contributed by atoms with Gasteiger partial charge in [0.15, 0.2) is 0 Å². The molecule has 1 aromatic carbocycles. The molecule has 0 saturated carbocycles. The van der Waals surface area contributed by atoms with Gasteiger partial charge in [-0.15, -0.1) is 0 Å². The van der Waals surface area contributed by atoms with Crippen LogP contribution in [-0.4, -0.2) is 17.4 Å². The maximum atomic E-state index is 11.8. The van der Waals surface area contributed by atoms with Crippen LogP contribution in [0, 0.1) is 19.8 Å². The van der Waals surface area contributed by atoms with Crippen LogP contribution < -0.4 is 11.1 Å². The summed E-state index contributed by atoms with van der Waals surface area (Å²) < 4.78 is 0. The van der Waals surface area contributed by atoms with Gasteiger partial charge in [-0.1, -0.05) is 25.2 Å². The Hall–Kier alpha value is -1.42. The highest BCUT2D eigenvalue weighted by molar-refractivity contribution is 7.80. The van der Waals surface area contributed by atoms with Crippen LogP contribution in [0.1, 0.15) is 28.4 Å². The van der Waals surface area contributed by atoms with Crippen molar-refractivity contribution < 1.29 is 4.79 Å². The molecule has 0 aliphatic rings. The normalized spacial score (nSPS) is 11.9. The summed E-state index contributed by atoms with van der Waals surface area (Å²) in [6.45, 7) is 6.37. The van der Waals surface area contributed by atoms with Gasteiger partial charge < -0.3 is 11.1 Å². The van der Waals surface area contributed by atoms with Crippen LogP contribution in [0.4, 0.5) is 0 Å². The number of carbonyl (C=O) groups is 1. The topological polar surface area (TPSA) is 55.1 Å². The maximum absolute atomic E-state index is 11.8. The van der Waals surface area contributed by atoms with Crippen molar-refractivity contribution in [1.82, 2.24) is 5.32 Å². The van der Waals surface area contributed by atoms with Gasteiger partial charge in [-0.05, 0) is 37.1 Å². The number of hydrogen-bond acceptors (Lipinski definition) is 2. The van der Waals surface area contributed by atoms with Crippen molar-refractivity contribution >= 4 is 23.1 Å². The summed E-state index contributed by atoms with van der Waals surface area (Å²) in [6, 6.07) is 5.65. The molecular formula is C13H18N2OS. The molecule has 1 aromatic rings. The van der Waals surface area contributed by atoms with Crippen LogP contribution in [0.15, 0.2) is 18.2 Å². The molecule has 0 bridgehead atoms. The van der Waals surface area contributed by atoms with Gasteiger partial charge >= 0.3 is 0 Å². The molecule has 3 N–H and O–H groups in total. The standard InChI is InChI=1S/C13H18N2OS/c1-8-4-5-11(6-9(8)2)13(16)15-7-10(3)12(14)17/h4-6,10H,7H2,1-3H3,(H2,14,17)(H,15,16). The number of nitrogens with one attached hydrogen (secondary N) is 1. The second kappa shape index (κ2) is 5.77. The molecule has 0 aliphatic heterocycles. The molecule has 3 nitrogen and oxygen atoms in total. The lowest BCUT2D eigenvalue weighted by Crippen LogP contribution is -2.33. The van der Waals surface area contributed by atoms with Crippen molar-refractivity contribution in [1.29, 1.82) is 0 Å². The van der Waals surface area contributed by atoms with Crippen LogP contribution in [0.25, 0.3) is 0 Å².